The molecule has 1 aliphatic rings. The maximum Gasteiger partial charge on any atom is 0.143 e. The number of methoxy groups -OCH3 is 1. The molecule has 0 fully saturated rings. The summed E-state index contributed by atoms with van der Waals surface area (Å²) in [6, 6.07) is 5.66. The second-order valence-corrected chi connectivity index (χ2v) is 7.12. The van der Waals surface area contributed by atoms with Gasteiger partial charge in [-0.05, 0) is 49.9 Å². The second kappa shape index (κ2) is 5.65. The molecule has 118 valence electrons. The summed E-state index contributed by atoms with van der Waals surface area (Å²) >= 11 is 8.02. The molecule has 4 rings (SSSR count). The zero-order valence-electron chi connectivity index (χ0n) is 12.9. The molecule has 4 nitrogen and oxygen atoms in total. The number of ether oxygens (including phenoxy) is 1. The first-order chi connectivity index (χ1) is 11.2. The Kier molecular flexibility index (Phi) is 3.62. The zero-order chi connectivity index (χ0) is 16.0. The lowest BCUT2D eigenvalue weighted by Gasteiger charge is -2.10. The molecule has 1 aliphatic carbocycles. The van der Waals surface area contributed by atoms with Crippen LogP contribution in [0.3, 0.4) is 0 Å². The molecule has 0 spiro atoms. The Morgan fingerprint density at radius 2 is 2.13 bits per heavy atom. The van der Waals surface area contributed by atoms with Crippen molar-refractivity contribution >= 4 is 44.7 Å². The lowest BCUT2D eigenvalue weighted by Crippen LogP contribution is -1.99. The summed E-state index contributed by atoms with van der Waals surface area (Å²) in [4.78, 5) is 11.8. The predicted octanol–water partition coefficient (Wildman–Crippen LogP) is 4.89. The van der Waals surface area contributed by atoms with Crippen LogP contribution in [0.2, 0.25) is 5.02 Å². The van der Waals surface area contributed by atoms with Gasteiger partial charge in [0.05, 0.1) is 17.5 Å². The number of anilines is 2. The molecule has 23 heavy (non-hydrogen) atoms. The SMILES string of the molecule is COc1ccc(Nc2nc(C)nc3sc4c(c23)CCC4)cc1Cl. The number of aromatic nitrogens is 2. The molecular formula is C17H16ClN3OS. The molecule has 2 aromatic heterocycles. The third-order valence-electron chi connectivity index (χ3n) is 4.09. The normalized spacial score (nSPS) is 13.3. The van der Waals surface area contributed by atoms with Crippen molar-refractivity contribution in [3.05, 3.63) is 39.5 Å². The molecule has 3 aromatic rings. The number of hydrogen-bond donors (Lipinski definition) is 1. The first-order valence-corrected chi connectivity index (χ1v) is 8.74. The van der Waals surface area contributed by atoms with E-state index in [-0.39, 0.29) is 0 Å². The van der Waals surface area contributed by atoms with Crippen LogP contribution in [0.4, 0.5) is 11.5 Å². The Bertz CT molecular complexity index is 906. The van der Waals surface area contributed by atoms with Gasteiger partial charge in [0, 0.05) is 10.6 Å². The Morgan fingerprint density at radius 1 is 1.26 bits per heavy atom. The van der Waals surface area contributed by atoms with Crippen LogP contribution in [-0.2, 0) is 12.8 Å². The second-order valence-electron chi connectivity index (χ2n) is 5.63. The van der Waals surface area contributed by atoms with Gasteiger partial charge < -0.3 is 10.1 Å². The summed E-state index contributed by atoms with van der Waals surface area (Å²) in [7, 11) is 1.61. The minimum Gasteiger partial charge on any atom is -0.495 e. The van der Waals surface area contributed by atoms with E-state index in [4.69, 9.17) is 16.3 Å². The van der Waals surface area contributed by atoms with Crippen LogP contribution in [0.15, 0.2) is 18.2 Å². The largest absolute Gasteiger partial charge is 0.495 e. The number of nitrogens with one attached hydrogen (secondary N) is 1. The van der Waals surface area contributed by atoms with Gasteiger partial charge in [0.25, 0.3) is 0 Å². The Hall–Kier alpha value is -1.85. The number of aryl methyl sites for hydroxylation is 3. The molecular weight excluding hydrogens is 330 g/mol. The van der Waals surface area contributed by atoms with Crippen LogP contribution >= 0.6 is 22.9 Å². The van der Waals surface area contributed by atoms with E-state index in [1.54, 1.807) is 18.4 Å². The van der Waals surface area contributed by atoms with Crippen molar-refractivity contribution in [2.75, 3.05) is 12.4 Å². The van der Waals surface area contributed by atoms with Crippen molar-refractivity contribution in [1.82, 2.24) is 9.97 Å². The number of fused-ring (bicyclic) bond motifs is 3. The van der Waals surface area contributed by atoms with Crippen molar-refractivity contribution in [2.24, 2.45) is 0 Å². The first kappa shape index (κ1) is 14.7. The van der Waals surface area contributed by atoms with Crippen LogP contribution < -0.4 is 10.1 Å². The third-order valence-corrected chi connectivity index (χ3v) is 5.57. The van der Waals surface area contributed by atoms with Crippen molar-refractivity contribution in [1.29, 1.82) is 0 Å². The van der Waals surface area contributed by atoms with Gasteiger partial charge in [-0.25, -0.2) is 9.97 Å². The fourth-order valence-electron chi connectivity index (χ4n) is 3.07. The molecule has 0 atom stereocenters. The maximum atomic E-state index is 6.22. The average molecular weight is 346 g/mol. The highest BCUT2D eigenvalue weighted by Crippen LogP contribution is 2.40. The molecule has 1 aromatic carbocycles. The fraction of sp³-hybridized carbons (Fsp3) is 0.294. The van der Waals surface area contributed by atoms with Crippen LogP contribution in [0.25, 0.3) is 10.2 Å². The summed E-state index contributed by atoms with van der Waals surface area (Å²) in [6.07, 6.45) is 3.49. The minimum absolute atomic E-state index is 0.579. The van der Waals surface area contributed by atoms with E-state index in [9.17, 15) is 0 Å². The molecule has 0 saturated heterocycles. The van der Waals surface area contributed by atoms with Gasteiger partial charge in [-0.3, -0.25) is 0 Å². The smallest absolute Gasteiger partial charge is 0.143 e. The molecule has 2 heterocycles. The number of nitrogens with zero attached hydrogens (tertiary/aromatic N) is 2. The molecule has 0 radical (unpaired) electrons. The van der Waals surface area contributed by atoms with E-state index in [0.29, 0.717) is 10.8 Å². The maximum absolute atomic E-state index is 6.22. The summed E-state index contributed by atoms with van der Waals surface area (Å²) in [5.74, 6) is 2.31. The van der Waals surface area contributed by atoms with E-state index in [1.807, 2.05) is 25.1 Å². The Balaban J connectivity index is 1.81. The quantitative estimate of drug-likeness (QED) is 0.733. The molecule has 0 bridgehead atoms. The minimum atomic E-state index is 0.579. The van der Waals surface area contributed by atoms with Crippen LogP contribution in [0, 0.1) is 6.92 Å². The third kappa shape index (κ3) is 2.54. The van der Waals surface area contributed by atoms with Crippen LogP contribution in [-0.4, -0.2) is 17.1 Å². The monoisotopic (exact) mass is 345 g/mol. The van der Waals surface area contributed by atoms with E-state index in [0.717, 1.165) is 35.0 Å². The molecule has 0 amide bonds. The number of halogens is 1. The lowest BCUT2D eigenvalue weighted by molar-refractivity contribution is 0.415. The van der Waals surface area contributed by atoms with E-state index in [1.165, 1.54) is 22.2 Å². The molecule has 0 aliphatic heterocycles. The van der Waals surface area contributed by atoms with Gasteiger partial charge in [0.2, 0.25) is 0 Å². The highest BCUT2D eigenvalue weighted by molar-refractivity contribution is 7.19. The average Bonchev–Trinajstić information content (AvgIpc) is 3.07. The number of thiophene rings is 1. The highest BCUT2D eigenvalue weighted by Gasteiger charge is 2.22. The summed E-state index contributed by atoms with van der Waals surface area (Å²) in [6.45, 7) is 1.93. The molecule has 1 N–H and O–H groups in total. The first-order valence-electron chi connectivity index (χ1n) is 7.55. The van der Waals surface area contributed by atoms with Crippen molar-refractivity contribution in [3.63, 3.8) is 0 Å². The number of rotatable bonds is 3. The van der Waals surface area contributed by atoms with Gasteiger partial charge in [0.15, 0.2) is 0 Å². The van der Waals surface area contributed by atoms with Gasteiger partial charge in [-0.2, -0.15) is 0 Å². The van der Waals surface area contributed by atoms with Crippen LogP contribution in [0.5, 0.6) is 5.75 Å². The Labute approximate surface area is 143 Å². The van der Waals surface area contributed by atoms with Crippen LogP contribution in [0.1, 0.15) is 22.7 Å². The molecule has 0 unspecified atom stereocenters. The Morgan fingerprint density at radius 3 is 2.91 bits per heavy atom. The summed E-state index contributed by atoms with van der Waals surface area (Å²) in [5.41, 5.74) is 2.31. The van der Waals surface area contributed by atoms with Crippen molar-refractivity contribution < 1.29 is 4.74 Å². The predicted molar refractivity (Wildman–Crippen MR) is 95.5 cm³/mol. The fourth-order valence-corrected chi connectivity index (χ4v) is 4.64. The van der Waals surface area contributed by atoms with E-state index in [2.05, 4.69) is 15.3 Å². The van der Waals surface area contributed by atoms with Gasteiger partial charge in [-0.1, -0.05) is 11.6 Å². The van der Waals surface area contributed by atoms with E-state index >= 15 is 0 Å². The zero-order valence-corrected chi connectivity index (χ0v) is 14.5. The summed E-state index contributed by atoms with van der Waals surface area (Å²) in [5, 5.41) is 5.16. The number of hydrogen-bond acceptors (Lipinski definition) is 5. The molecule has 6 heteroatoms. The lowest BCUT2D eigenvalue weighted by atomic mass is 10.2. The number of benzene rings is 1. The molecule has 0 saturated carbocycles. The van der Waals surface area contributed by atoms with Crippen molar-refractivity contribution in [2.45, 2.75) is 26.2 Å². The highest BCUT2D eigenvalue weighted by atomic mass is 35.5. The summed E-state index contributed by atoms with van der Waals surface area (Å²) < 4.78 is 5.20. The van der Waals surface area contributed by atoms with Gasteiger partial charge in [-0.15, -0.1) is 11.3 Å². The topological polar surface area (TPSA) is 47.0 Å². The standard InChI is InChI=1S/C17H16ClN3OS/c1-9-19-16(21-10-6-7-13(22-2)12(18)8-10)15-11-4-3-5-14(11)23-17(15)20-9/h6-8H,3-5H2,1-2H3,(H,19,20,21). The van der Waals surface area contributed by atoms with Crippen molar-refractivity contribution in [3.8, 4) is 5.75 Å². The van der Waals surface area contributed by atoms with Gasteiger partial charge >= 0.3 is 0 Å². The van der Waals surface area contributed by atoms with E-state index < -0.39 is 0 Å². The van der Waals surface area contributed by atoms with Gasteiger partial charge in [0.1, 0.15) is 22.2 Å².